The maximum Gasteiger partial charge on any atom is 0.244 e. The summed E-state index contributed by atoms with van der Waals surface area (Å²) in [5.74, 6) is 1.28. The molecule has 2 unspecified atom stereocenters. The van der Waals surface area contributed by atoms with Crippen molar-refractivity contribution in [3.8, 4) is 0 Å². The SMILES string of the molecule is CCc1ccc(C2NC3(CC3)C(=O)N2C(C)CSC)cc1. The number of nitrogens with zero attached hydrogens (tertiary/aromatic N) is 1. The van der Waals surface area contributed by atoms with Gasteiger partial charge in [-0.15, -0.1) is 0 Å². The van der Waals surface area contributed by atoms with Crippen molar-refractivity contribution in [2.75, 3.05) is 12.0 Å². The molecule has 3 rings (SSSR count). The standard InChI is InChI=1S/C17H24N2OS/c1-4-13-5-7-14(8-6-13)15-18-17(9-10-17)16(20)19(15)12(2)11-21-3/h5-8,12,15,18H,4,9-11H2,1-3H3. The maximum atomic E-state index is 12.8. The Bertz CT molecular complexity index is 524. The van der Waals surface area contributed by atoms with Crippen LogP contribution in [0, 0.1) is 0 Å². The molecule has 1 aromatic rings. The number of carbonyl (C=O) groups excluding carboxylic acids is 1. The van der Waals surface area contributed by atoms with Crippen LogP contribution in [0.25, 0.3) is 0 Å². The highest BCUT2D eigenvalue weighted by Crippen LogP contribution is 2.46. The van der Waals surface area contributed by atoms with Crippen LogP contribution in [0.15, 0.2) is 24.3 Å². The number of carbonyl (C=O) groups is 1. The maximum absolute atomic E-state index is 12.8. The second-order valence-electron chi connectivity index (χ2n) is 6.24. The lowest BCUT2D eigenvalue weighted by Crippen LogP contribution is -2.40. The van der Waals surface area contributed by atoms with Crippen LogP contribution < -0.4 is 5.32 Å². The number of hydrogen-bond acceptors (Lipinski definition) is 3. The summed E-state index contributed by atoms with van der Waals surface area (Å²) >= 11 is 1.80. The van der Waals surface area contributed by atoms with E-state index in [1.807, 2.05) is 0 Å². The Morgan fingerprint density at radius 2 is 2.05 bits per heavy atom. The Morgan fingerprint density at radius 1 is 1.38 bits per heavy atom. The first kappa shape index (κ1) is 14.9. The number of nitrogens with one attached hydrogen (secondary N) is 1. The van der Waals surface area contributed by atoms with E-state index in [1.54, 1.807) is 11.8 Å². The van der Waals surface area contributed by atoms with E-state index in [2.05, 4.69) is 54.6 Å². The van der Waals surface area contributed by atoms with Gasteiger partial charge in [0.15, 0.2) is 0 Å². The van der Waals surface area contributed by atoms with Crippen LogP contribution >= 0.6 is 11.8 Å². The molecule has 3 nitrogen and oxygen atoms in total. The van der Waals surface area contributed by atoms with Crippen LogP contribution in [0.5, 0.6) is 0 Å². The van der Waals surface area contributed by atoms with Gasteiger partial charge in [0.25, 0.3) is 0 Å². The van der Waals surface area contributed by atoms with E-state index in [4.69, 9.17) is 0 Å². The molecular weight excluding hydrogens is 280 g/mol. The summed E-state index contributed by atoms with van der Waals surface area (Å²) in [6, 6.07) is 8.96. The van der Waals surface area contributed by atoms with E-state index in [-0.39, 0.29) is 17.7 Å². The first-order valence-electron chi connectivity index (χ1n) is 7.79. The molecule has 0 radical (unpaired) electrons. The third-order valence-corrected chi connectivity index (χ3v) is 5.49. The van der Waals surface area contributed by atoms with E-state index in [9.17, 15) is 4.79 Å². The highest BCUT2D eigenvalue weighted by atomic mass is 32.2. The number of amides is 1. The second-order valence-corrected chi connectivity index (χ2v) is 7.15. The van der Waals surface area contributed by atoms with Crippen molar-refractivity contribution >= 4 is 17.7 Å². The van der Waals surface area contributed by atoms with Crippen molar-refractivity contribution in [3.05, 3.63) is 35.4 Å². The van der Waals surface area contributed by atoms with Gasteiger partial charge in [-0.05, 0) is 43.6 Å². The summed E-state index contributed by atoms with van der Waals surface area (Å²) in [7, 11) is 0. The molecule has 2 atom stereocenters. The Morgan fingerprint density at radius 3 is 2.57 bits per heavy atom. The summed E-state index contributed by atoms with van der Waals surface area (Å²) in [6.07, 6.45) is 5.15. The molecule has 1 aromatic carbocycles. The van der Waals surface area contributed by atoms with Crippen LogP contribution in [-0.2, 0) is 11.2 Å². The number of hydrogen-bond donors (Lipinski definition) is 1. The molecule has 1 saturated carbocycles. The van der Waals surface area contributed by atoms with Crippen LogP contribution in [0.1, 0.15) is 44.0 Å². The van der Waals surface area contributed by atoms with Crippen LogP contribution in [0.4, 0.5) is 0 Å². The van der Waals surface area contributed by atoms with Crippen LogP contribution in [0.3, 0.4) is 0 Å². The number of thioether (sulfide) groups is 1. The lowest BCUT2D eigenvalue weighted by atomic mass is 10.1. The molecule has 21 heavy (non-hydrogen) atoms. The highest BCUT2D eigenvalue weighted by Gasteiger charge is 2.60. The molecule has 1 heterocycles. The monoisotopic (exact) mass is 304 g/mol. The van der Waals surface area contributed by atoms with E-state index in [1.165, 1.54) is 11.1 Å². The van der Waals surface area contributed by atoms with Gasteiger partial charge in [0.2, 0.25) is 5.91 Å². The fraction of sp³-hybridized carbons (Fsp3) is 0.588. The largest absolute Gasteiger partial charge is 0.318 e. The summed E-state index contributed by atoms with van der Waals surface area (Å²) in [5, 5.41) is 3.60. The van der Waals surface area contributed by atoms with Gasteiger partial charge in [0, 0.05) is 11.8 Å². The van der Waals surface area contributed by atoms with Gasteiger partial charge < -0.3 is 4.90 Å². The topological polar surface area (TPSA) is 32.3 Å². The number of rotatable bonds is 5. The van der Waals surface area contributed by atoms with E-state index in [0.717, 1.165) is 25.0 Å². The van der Waals surface area contributed by atoms with E-state index >= 15 is 0 Å². The molecule has 1 N–H and O–H groups in total. The predicted molar refractivity (Wildman–Crippen MR) is 88.4 cm³/mol. The zero-order valence-corrected chi connectivity index (χ0v) is 13.9. The fourth-order valence-corrected chi connectivity index (χ4v) is 3.84. The Hall–Kier alpha value is -1.00. The average Bonchev–Trinajstić information content (AvgIpc) is 3.21. The van der Waals surface area contributed by atoms with Crippen molar-refractivity contribution in [1.29, 1.82) is 0 Å². The quantitative estimate of drug-likeness (QED) is 0.908. The normalized spacial score (nSPS) is 24.6. The van der Waals surface area contributed by atoms with Crippen molar-refractivity contribution in [2.45, 2.75) is 50.9 Å². The molecule has 114 valence electrons. The van der Waals surface area contributed by atoms with Crippen molar-refractivity contribution in [2.24, 2.45) is 0 Å². The lowest BCUT2D eigenvalue weighted by Gasteiger charge is -2.30. The molecule has 4 heteroatoms. The summed E-state index contributed by atoms with van der Waals surface area (Å²) in [5.41, 5.74) is 2.30. The molecule has 1 aliphatic carbocycles. The molecule has 1 saturated heterocycles. The minimum Gasteiger partial charge on any atom is -0.318 e. The fourth-order valence-electron chi connectivity index (χ4n) is 3.20. The Balaban J connectivity index is 1.88. The van der Waals surface area contributed by atoms with Gasteiger partial charge >= 0.3 is 0 Å². The summed E-state index contributed by atoms with van der Waals surface area (Å²) in [4.78, 5) is 14.8. The van der Waals surface area contributed by atoms with Crippen molar-refractivity contribution < 1.29 is 4.79 Å². The van der Waals surface area contributed by atoms with Crippen LogP contribution in [-0.4, -0.2) is 34.4 Å². The van der Waals surface area contributed by atoms with E-state index < -0.39 is 0 Å². The summed E-state index contributed by atoms with van der Waals surface area (Å²) in [6.45, 7) is 4.32. The summed E-state index contributed by atoms with van der Waals surface area (Å²) < 4.78 is 0. The average molecular weight is 304 g/mol. The second kappa shape index (κ2) is 5.65. The molecule has 0 aromatic heterocycles. The Kier molecular flexibility index (Phi) is 4.02. The Labute approximate surface area is 131 Å². The van der Waals surface area contributed by atoms with Crippen molar-refractivity contribution in [1.82, 2.24) is 10.2 Å². The van der Waals surface area contributed by atoms with Gasteiger partial charge in [-0.3, -0.25) is 10.1 Å². The smallest absolute Gasteiger partial charge is 0.244 e. The molecule has 1 amide bonds. The minimum absolute atomic E-state index is 0.0352. The lowest BCUT2D eigenvalue weighted by molar-refractivity contribution is -0.132. The van der Waals surface area contributed by atoms with Gasteiger partial charge in [0.05, 0.1) is 0 Å². The molecular formula is C17H24N2OS. The third kappa shape index (κ3) is 2.59. The van der Waals surface area contributed by atoms with Crippen molar-refractivity contribution in [3.63, 3.8) is 0 Å². The highest BCUT2D eigenvalue weighted by molar-refractivity contribution is 7.98. The van der Waals surface area contributed by atoms with Crippen LogP contribution in [0.2, 0.25) is 0 Å². The zero-order valence-electron chi connectivity index (χ0n) is 13.1. The number of benzene rings is 1. The molecule has 2 aliphatic rings. The molecule has 1 aliphatic heterocycles. The molecule has 2 fully saturated rings. The van der Waals surface area contributed by atoms with E-state index in [0.29, 0.717) is 5.91 Å². The third-order valence-electron chi connectivity index (χ3n) is 4.67. The zero-order chi connectivity index (χ0) is 15.0. The minimum atomic E-state index is -0.249. The predicted octanol–water partition coefficient (Wildman–Crippen LogP) is 2.96. The molecule has 0 bridgehead atoms. The molecule has 1 spiro atoms. The van der Waals surface area contributed by atoms with Gasteiger partial charge in [-0.1, -0.05) is 31.2 Å². The van der Waals surface area contributed by atoms with Gasteiger partial charge in [-0.2, -0.15) is 11.8 Å². The van der Waals surface area contributed by atoms with Gasteiger partial charge in [-0.25, -0.2) is 0 Å². The van der Waals surface area contributed by atoms with Gasteiger partial charge in [0.1, 0.15) is 11.7 Å². The first-order chi connectivity index (χ1) is 10.1. The first-order valence-corrected chi connectivity index (χ1v) is 9.19. The number of aryl methyl sites for hydroxylation is 1.